The van der Waals surface area contributed by atoms with E-state index < -0.39 is 23.0 Å². The molecule has 0 N–H and O–H groups in total. The smallest absolute Gasteiger partial charge is 0.241 e. The third-order valence-electron chi connectivity index (χ3n) is 7.93. The van der Waals surface area contributed by atoms with E-state index in [0.717, 1.165) is 27.8 Å². The van der Waals surface area contributed by atoms with Crippen LogP contribution in [0.5, 0.6) is 0 Å². The molecule has 3 aliphatic rings. The summed E-state index contributed by atoms with van der Waals surface area (Å²) >= 11 is 0. The first-order valence-electron chi connectivity index (χ1n) is 11.9. The van der Waals surface area contributed by atoms with Crippen LogP contribution in [0.3, 0.4) is 0 Å². The molecule has 35 heavy (non-hydrogen) atoms. The average Bonchev–Trinajstić information content (AvgIpc) is 3.50. The Hall–Kier alpha value is -4.02. The van der Waals surface area contributed by atoms with Crippen molar-refractivity contribution in [2.45, 2.75) is 18.1 Å². The molecule has 4 aromatic rings. The highest BCUT2D eigenvalue weighted by atomic mass is 16.5. The maximum Gasteiger partial charge on any atom is 0.241 e. The standard InChI is InChI=1S/C31H23NO3/c1-20-16-18-23(19-17-20)32-28(33)26-27(29(32)34)31(22-12-6-3-7-13-22)25-15-9-8-14-24(25)30(26,35-31)21-10-4-2-5-11-21/h2-19,26-27H,1H3. The molecule has 2 saturated heterocycles. The largest absolute Gasteiger partial charge is 0.348 e. The van der Waals surface area contributed by atoms with Crippen LogP contribution in [0.1, 0.15) is 27.8 Å². The minimum absolute atomic E-state index is 0.208. The van der Waals surface area contributed by atoms with Gasteiger partial charge in [0.1, 0.15) is 11.2 Å². The van der Waals surface area contributed by atoms with Gasteiger partial charge in [0.05, 0.1) is 17.5 Å². The summed E-state index contributed by atoms with van der Waals surface area (Å²) in [6.07, 6.45) is 0. The van der Waals surface area contributed by atoms with Crippen LogP contribution in [-0.2, 0) is 25.5 Å². The normalized spacial score (nSPS) is 28.3. The molecule has 3 heterocycles. The number of fused-ring (bicyclic) bond motifs is 8. The maximum atomic E-state index is 14.3. The van der Waals surface area contributed by atoms with E-state index in [1.165, 1.54) is 4.90 Å². The van der Waals surface area contributed by atoms with Crippen LogP contribution < -0.4 is 4.90 Å². The fraction of sp³-hybridized carbons (Fsp3) is 0.161. The number of anilines is 1. The molecule has 4 aromatic carbocycles. The molecule has 0 aromatic heterocycles. The molecule has 0 aliphatic carbocycles. The number of amides is 2. The van der Waals surface area contributed by atoms with Crippen LogP contribution in [0, 0.1) is 18.8 Å². The highest BCUT2D eigenvalue weighted by molar-refractivity contribution is 6.24. The first-order valence-corrected chi connectivity index (χ1v) is 11.9. The van der Waals surface area contributed by atoms with Crippen LogP contribution in [0.25, 0.3) is 0 Å². The number of carbonyl (C=O) groups is 2. The van der Waals surface area contributed by atoms with E-state index in [-0.39, 0.29) is 11.8 Å². The topological polar surface area (TPSA) is 46.6 Å². The zero-order valence-corrected chi connectivity index (χ0v) is 19.2. The van der Waals surface area contributed by atoms with Gasteiger partial charge in [-0.2, -0.15) is 0 Å². The van der Waals surface area contributed by atoms with Gasteiger partial charge in [-0.15, -0.1) is 0 Å². The fourth-order valence-corrected chi connectivity index (χ4v) is 6.55. The summed E-state index contributed by atoms with van der Waals surface area (Å²) < 4.78 is 7.13. The van der Waals surface area contributed by atoms with E-state index in [1.807, 2.05) is 104 Å². The summed E-state index contributed by atoms with van der Waals surface area (Å²) in [5.41, 5.74) is 3.29. The molecule has 0 saturated carbocycles. The van der Waals surface area contributed by atoms with Gasteiger partial charge in [0, 0.05) is 0 Å². The van der Waals surface area contributed by atoms with Crippen molar-refractivity contribution in [3.63, 3.8) is 0 Å². The number of rotatable bonds is 3. The van der Waals surface area contributed by atoms with Gasteiger partial charge < -0.3 is 4.74 Å². The third-order valence-corrected chi connectivity index (χ3v) is 7.93. The number of hydrogen-bond acceptors (Lipinski definition) is 3. The van der Waals surface area contributed by atoms with Crippen LogP contribution in [0.15, 0.2) is 109 Å². The lowest BCUT2D eigenvalue weighted by molar-refractivity contribution is -0.131. The van der Waals surface area contributed by atoms with Crippen molar-refractivity contribution in [1.82, 2.24) is 0 Å². The van der Waals surface area contributed by atoms with Gasteiger partial charge in [0.15, 0.2) is 0 Å². The second-order valence-electron chi connectivity index (χ2n) is 9.65. The van der Waals surface area contributed by atoms with Gasteiger partial charge in [0.25, 0.3) is 0 Å². The number of carbonyl (C=O) groups excluding carboxylic acids is 2. The van der Waals surface area contributed by atoms with E-state index >= 15 is 0 Å². The fourth-order valence-electron chi connectivity index (χ4n) is 6.55. The summed E-state index contributed by atoms with van der Waals surface area (Å²) in [4.78, 5) is 29.9. The van der Waals surface area contributed by atoms with Crippen LogP contribution in [0.4, 0.5) is 5.69 Å². The highest BCUT2D eigenvalue weighted by Crippen LogP contribution is 2.70. The molecular weight excluding hydrogens is 434 g/mol. The van der Waals surface area contributed by atoms with Gasteiger partial charge in [-0.25, -0.2) is 4.90 Å². The van der Waals surface area contributed by atoms with Crippen molar-refractivity contribution >= 4 is 17.5 Å². The first-order chi connectivity index (χ1) is 17.1. The third kappa shape index (κ3) is 2.40. The molecule has 0 radical (unpaired) electrons. The number of hydrogen-bond donors (Lipinski definition) is 0. The lowest BCUT2D eigenvalue weighted by Gasteiger charge is -2.34. The quantitative estimate of drug-likeness (QED) is 0.391. The Morgan fingerprint density at radius 1 is 0.600 bits per heavy atom. The van der Waals surface area contributed by atoms with Crippen molar-refractivity contribution in [2.75, 3.05) is 4.90 Å². The predicted octanol–water partition coefficient (Wildman–Crippen LogP) is 5.33. The summed E-state index contributed by atoms with van der Waals surface area (Å²) in [6, 6.07) is 35.4. The summed E-state index contributed by atoms with van der Waals surface area (Å²) in [6.45, 7) is 1.99. The van der Waals surface area contributed by atoms with Crippen molar-refractivity contribution in [1.29, 1.82) is 0 Å². The van der Waals surface area contributed by atoms with E-state index in [0.29, 0.717) is 5.69 Å². The zero-order chi connectivity index (χ0) is 23.8. The summed E-state index contributed by atoms with van der Waals surface area (Å²) in [7, 11) is 0. The number of benzene rings is 4. The number of nitrogens with zero attached hydrogens (tertiary/aromatic N) is 1. The Bertz CT molecular complexity index is 1390. The minimum Gasteiger partial charge on any atom is -0.348 e. The molecule has 0 spiro atoms. The van der Waals surface area contributed by atoms with Crippen molar-refractivity contribution in [3.05, 3.63) is 137 Å². The van der Waals surface area contributed by atoms with E-state index in [9.17, 15) is 9.59 Å². The molecule has 4 heteroatoms. The molecule has 7 rings (SSSR count). The zero-order valence-electron chi connectivity index (χ0n) is 19.2. The van der Waals surface area contributed by atoms with Crippen LogP contribution in [-0.4, -0.2) is 11.8 Å². The van der Waals surface area contributed by atoms with E-state index in [2.05, 4.69) is 12.1 Å². The molecule has 2 fully saturated rings. The van der Waals surface area contributed by atoms with Crippen LogP contribution >= 0.6 is 0 Å². The molecule has 4 atom stereocenters. The number of ether oxygens (including phenoxy) is 1. The molecular formula is C31H23NO3. The average molecular weight is 458 g/mol. The molecule has 4 unspecified atom stereocenters. The molecule has 170 valence electrons. The Labute approximate surface area is 203 Å². The van der Waals surface area contributed by atoms with Crippen LogP contribution in [0.2, 0.25) is 0 Å². The molecule has 4 nitrogen and oxygen atoms in total. The van der Waals surface area contributed by atoms with Crippen molar-refractivity contribution < 1.29 is 14.3 Å². The minimum atomic E-state index is -1.05. The van der Waals surface area contributed by atoms with Crippen molar-refractivity contribution in [2.24, 2.45) is 11.8 Å². The van der Waals surface area contributed by atoms with E-state index in [4.69, 9.17) is 4.74 Å². The second-order valence-corrected chi connectivity index (χ2v) is 9.65. The maximum absolute atomic E-state index is 14.3. The Balaban J connectivity index is 1.54. The highest BCUT2D eigenvalue weighted by Gasteiger charge is 2.78. The summed E-state index contributed by atoms with van der Waals surface area (Å²) in [5, 5.41) is 0. The van der Waals surface area contributed by atoms with E-state index in [1.54, 1.807) is 0 Å². The Morgan fingerprint density at radius 3 is 1.49 bits per heavy atom. The second kappa shape index (κ2) is 7.00. The van der Waals surface area contributed by atoms with Crippen molar-refractivity contribution in [3.8, 4) is 0 Å². The summed E-state index contributed by atoms with van der Waals surface area (Å²) in [5.74, 6) is -1.76. The lowest BCUT2D eigenvalue weighted by Crippen LogP contribution is -2.42. The Kier molecular flexibility index (Phi) is 4.07. The SMILES string of the molecule is Cc1ccc(N2C(=O)C3C(C2=O)C2(c4ccccc4)OC3(c3ccccc3)c3ccccc32)cc1. The predicted molar refractivity (Wildman–Crippen MR) is 133 cm³/mol. The number of imide groups is 1. The molecule has 3 aliphatic heterocycles. The number of aryl methyl sites for hydroxylation is 1. The molecule has 2 amide bonds. The molecule has 2 bridgehead atoms. The van der Waals surface area contributed by atoms with Gasteiger partial charge in [-0.05, 0) is 41.3 Å². The monoisotopic (exact) mass is 457 g/mol. The Morgan fingerprint density at radius 2 is 1.03 bits per heavy atom. The lowest BCUT2D eigenvalue weighted by atomic mass is 9.61. The van der Waals surface area contributed by atoms with Gasteiger partial charge in [-0.1, -0.05) is 103 Å². The van der Waals surface area contributed by atoms with Gasteiger partial charge in [0.2, 0.25) is 11.8 Å². The first kappa shape index (κ1) is 20.4. The van der Waals surface area contributed by atoms with Gasteiger partial charge in [-0.3, -0.25) is 9.59 Å². The van der Waals surface area contributed by atoms with Gasteiger partial charge >= 0.3 is 0 Å².